The smallest absolute Gasteiger partial charge is 0.212 e. The predicted octanol–water partition coefficient (Wildman–Crippen LogP) is 1.13. The van der Waals surface area contributed by atoms with Gasteiger partial charge in [-0.05, 0) is 18.1 Å². The van der Waals surface area contributed by atoms with E-state index in [2.05, 4.69) is 16.6 Å². The van der Waals surface area contributed by atoms with Crippen LogP contribution < -0.4 is 10.5 Å². The van der Waals surface area contributed by atoms with Gasteiger partial charge in [0.1, 0.15) is 0 Å². The van der Waals surface area contributed by atoms with Crippen LogP contribution in [0.15, 0.2) is 12.1 Å². The summed E-state index contributed by atoms with van der Waals surface area (Å²) in [5.74, 6) is 5.96. The third kappa shape index (κ3) is 5.65. The fourth-order valence-corrected chi connectivity index (χ4v) is 3.64. The summed E-state index contributed by atoms with van der Waals surface area (Å²) in [6.45, 7) is 4.41. The molecule has 0 spiro atoms. The molecule has 0 aliphatic heterocycles. The van der Waals surface area contributed by atoms with Gasteiger partial charge in [0.25, 0.3) is 0 Å². The Kier molecular flexibility index (Phi) is 5.82. The van der Waals surface area contributed by atoms with Crippen LogP contribution in [0.2, 0.25) is 0 Å². The van der Waals surface area contributed by atoms with Crippen LogP contribution in [-0.2, 0) is 16.6 Å². The van der Waals surface area contributed by atoms with Crippen molar-refractivity contribution in [1.29, 1.82) is 0 Å². The molecule has 18 heavy (non-hydrogen) atoms. The van der Waals surface area contributed by atoms with Crippen LogP contribution in [0.5, 0.6) is 0 Å². The lowest BCUT2D eigenvalue weighted by molar-refractivity contribution is 0.568. The van der Waals surface area contributed by atoms with Crippen molar-refractivity contribution in [3.8, 4) is 11.8 Å². The molecule has 0 saturated heterocycles. The second kappa shape index (κ2) is 6.90. The van der Waals surface area contributed by atoms with Gasteiger partial charge in [0.15, 0.2) is 0 Å². The van der Waals surface area contributed by atoms with Crippen LogP contribution >= 0.6 is 11.3 Å². The number of thiophene rings is 1. The highest BCUT2D eigenvalue weighted by Gasteiger charge is 2.12. The fourth-order valence-electron chi connectivity index (χ4n) is 1.36. The summed E-state index contributed by atoms with van der Waals surface area (Å²) in [7, 11) is -3.19. The standard InChI is InChI=1S/C12H18N2O2S2/c1-10(2)9-18(15,16)14-8-12-6-5-11(17-12)4-3-7-13/h5-6,10,14H,7-9,13H2,1-2H3. The van der Waals surface area contributed by atoms with Gasteiger partial charge in [-0.2, -0.15) is 0 Å². The maximum atomic E-state index is 11.6. The number of hydrogen-bond donors (Lipinski definition) is 2. The molecule has 4 nitrogen and oxygen atoms in total. The number of hydrogen-bond acceptors (Lipinski definition) is 4. The van der Waals surface area contributed by atoms with Crippen molar-refractivity contribution >= 4 is 21.4 Å². The van der Waals surface area contributed by atoms with Gasteiger partial charge in [-0.3, -0.25) is 0 Å². The van der Waals surface area contributed by atoms with Gasteiger partial charge in [-0.15, -0.1) is 11.3 Å². The second-order valence-corrected chi connectivity index (χ2v) is 7.29. The maximum Gasteiger partial charge on any atom is 0.212 e. The Hall–Kier alpha value is -0.870. The minimum absolute atomic E-state index is 0.122. The number of sulfonamides is 1. The Labute approximate surface area is 113 Å². The topological polar surface area (TPSA) is 72.2 Å². The van der Waals surface area contributed by atoms with Crippen LogP contribution in [0.25, 0.3) is 0 Å². The molecule has 0 atom stereocenters. The van der Waals surface area contributed by atoms with E-state index < -0.39 is 10.0 Å². The minimum atomic E-state index is -3.19. The van der Waals surface area contributed by atoms with E-state index in [9.17, 15) is 8.42 Å². The van der Waals surface area contributed by atoms with Crippen molar-refractivity contribution in [2.24, 2.45) is 11.7 Å². The summed E-state index contributed by atoms with van der Waals surface area (Å²) in [4.78, 5) is 1.85. The van der Waals surface area contributed by atoms with Gasteiger partial charge >= 0.3 is 0 Å². The predicted molar refractivity (Wildman–Crippen MR) is 75.7 cm³/mol. The zero-order valence-electron chi connectivity index (χ0n) is 10.6. The quantitative estimate of drug-likeness (QED) is 0.797. The number of nitrogens with one attached hydrogen (secondary N) is 1. The normalized spacial score (nSPS) is 11.3. The van der Waals surface area contributed by atoms with Crippen LogP contribution in [-0.4, -0.2) is 20.7 Å². The zero-order valence-corrected chi connectivity index (χ0v) is 12.2. The summed E-state index contributed by atoms with van der Waals surface area (Å²) < 4.78 is 25.9. The van der Waals surface area contributed by atoms with E-state index in [1.165, 1.54) is 11.3 Å². The maximum absolute atomic E-state index is 11.6. The van der Waals surface area contributed by atoms with Gasteiger partial charge in [0.05, 0.1) is 17.2 Å². The minimum Gasteiger partial charge on any atom is -0.320 e. The monoisotopic (exact) mass is 286 g/mol. The highest BCUT2D eigenvalue weighted by molar-refractivity contribution is 7.89. The third-order valence-electron chi connectivity index (χ3n) is 1.99. The SMILES string of the molecule is CC(C)CS(=O)(=O)NCc1ccc(C#CCN)s1. The van der Waals surface area contributed by atoms with E-state index in [0.717, 1.165) is 9.75 Å². The summed E-state index contributed by atoms with van der Waals surface area (Å²) >= 11 is 1.48. The van der Waals surface area contributed by atoms with Crippen LogP contribution in [0, 0.1) is 17.8 Å². The van der Waals surface area contributed by atoms with Gasteiger partial charge in [-0.25, -0.2) is 13.1 Å². The number of rotatable bonds is 5. The Morgan fingerprint density at radius 3 is 2.78 bits per heavy atom. The number of nitrogens with two attached hydrogens (primary N) is 1. The summed E-state index contributed by atoms with van der Waals surface area (Å²) in [5.41, 5.74) is 5.28. The van der Waals surface area contributed by atoms with E-state index in [4.69, 9.17) is 5.73 Å². The van der Waals surface area contributed by atoms with Crippen molar-refractivity contribution in [3.05, 3.63) is 21.9 Å². The zero-order chi connectivity index (χ0) is 13.6. The largest absolute Gasteiger partial charge is 0.320 e. The van der Waals surface area contributed by atoms with Crippen molar-refractivity contribution in [3.63, 3.8) is 0 Å². The molecule has 0 saturated carbocycles. The first kappa shape index (κ1) is 15.2. The molecule has 0 unspecified atom stereocenters. The molecule has 1 heterocycles. The van der Waals surface area contributed by atoms with Gasteiger partial charge in [-0.1, -0.05) is 25.7 Å². The average molecular weight is 286 g/mol. The summed E-state index contributed by atoms with van der Waals surface area (Å²) in [6, 6.07) is 3.75. The van der Waals surface area contributed by atoms with Crippen molar-refractivity contribution < 1.29 is 8.42 Å². The molecule has 1 rings (SSSR count). The van der Waals surface area contributed by atoms with Gasteiger partial charge in [0, 0.05) is 11.4 Å². The summed E-state index contributed by atoms with van der Waals surface area (Å²) in [6.07, 6.45) is 0. The highest BCUT2D eigenvalue weighted by atomic mass is 32.2. The second-order valence-electron chi connectivity index (χ2n) is 4.27. The molecule has 3 N–H and O–H groups in total. The van der Waals surface area contributed by atoms with Crippen molar-refractivity contribution in [2.45, 2.75) is 20.4 Å². The third-order valence-corrected chi connectivity index (χ3v) is 4.68. The Morgan fingerprint density at radius 1 is 1.44 bits per heavy atom. The molecular weight excluding hydrogens is 268 g/mol. The lowest BCUT2D eigenvalue weighted by Gasteiger charge is -2.07. The van der Waals surface area contributed by atoms with Crippen LogP contribution in [0.4, 0.5) is 0 Å². The fraction of sp³-hybridized carbons (Fsp3) is 0.500. The lowest BCUT2D eigenvalue weighted by atomic mass is 10.3. The molecule has 1 aromatic rings. The molecule has 6 heteroatoms. The van der Waals surface area contributed by atoms with E-state index in [1.807, 2.05) is 26.0 Å². The van der Waals surface area contributed by atoms with Crippen LogP contribution in [0.3, 0.4) is 0 Å². The van der Waals surface area contributed by atoms with Gasteiger partial charge < -0.3 is 5.73 Å². The Balaban J connectivity index is 2.56. The molecule has 0 aliphatic rings. The molecule has 0 bridgehead atoms. The molecule has 0 fully saturated rings. The summed E-state index contributed by atoms with van der Waals surface area (Å²) in [5, 5.41) is 0. The van der Waals surface area contributed by atoms with E-state index in [1.54, 1.807) is 0 Å². The molecular formula is C12H18N2O2S2. The molecule has 0 radical (unpaired) electrons. The van der Waals surface area contributed by atoms with E-state index in [0.29, 0.717) is 13.1 Å². The molecule has 0 aromatic carbocycles. The highest BCUT2D eigenvalue weighted by Crippen LogP contribution is 2.15. The first-order valence-corrected chi connectivity index (χ1v) is 8.15. The van der Waals surface area contributed by atoms with E-state index >= 15 is 0 Å². The van der Waals surface area contributed by atoms with Crippen LogP contribution in [0.1, 0.15) is 23.6 Å². The first-order valence-electron chi connectivity index (χ1n) is 5.68. The molecule has 0 aliphatic carbocycles. The van der Waals surface area contributed by atoms with E-state index in [-0.39, 0.29) is 11.7 Å². The molecule has 1 aromatic heterocycles. The Morgan fingerprint density at radius 2 is 2.17 bits per heavy atom. The molecule has 0 amide bonds. The van der Waals surface area contributed by atoms with Crippen molar-refractivity contribution in [2.75, 3.05) is 12.3 Å². The van der Waals surface area contributed by atoms with Crippen molar-refractivity contribution in [1.82, 2.24) is 4.72 Å². The average Bonchev–Trinajstić information content (AvgIpc) is 2.70. The molecule has 100 valence electrons. The lowest BCUT2D eigenvalue weighted by Crippen LogP contribution is -2.27. The Bertz CT molecular complexity index is 536. The first-order chi connectivity index (χ1) is 8.43. The van der Waals surface area contributed by atoms with Gasteiger partial charge in [0.2, 0.25) is 10.0 Å².